The molecular weight excluding hydrogens is 164 g/mol. The van der Waals surface area contributed by atoms with Crippen molar-refractivity contribution in [2.75, 3.05) is 0 Å². The van der Waals surface area contributed by atoms with Gasteiger partial charge in [-0.3, -0.25) is 5.26 Å². The molecule has 0 radical (unpaired) electrons. The molecule has 76 valence electrons. The summed E-state index contributed by atoms with van der Waals surface area (Å²) in [5.41, 5.74) is -0.288. The van der Waals surface area contributed by atoms with Crippen LogP contribution in [0.15, 0.2) is 12.7 Å². The van der Waals surface area contributed by atoms with E-state index >= 15 is 0 Å². The molecule has 1 N–H and O–H groups in total. The van der Waals surface area contributed by atoms with Crippen LogP contribution in [-0.2, 0) is 4.89 Å². The van der Waals surface area contributed by atoms with E-state index in [-0.39, 0.29) is 5.60 Å². The molecule has 0 aromatic rings. The minimum absolute atomic E-state index is 0.288. The molecule has 0 aromatic heterocycles. The Morgan fingerprint density at radius 1 is 1.69 bits per heavy atom. The fourth-order valence-electron chi connectivity index (χ4n) is 2.26. The zero-order valence-corrected chi connectivity index (χ0v) is 8.46. The van der Waals surface area contributed by atoms with E-state index in [2.05, 4.69) is 11.5 Å². The molecule has 0 aliphatic heterocycles. The Kier molecular flexibility index (Phi) is 3.94. The van der Waals surface area contributed by atoms with Crippen molar-refractivity contribution in [2.24, 2.45) is 5.92 Å². The molecule has 2 atom stereocenters. The number of allylic oxidation sites excluding steroid dienone is 1. The van der Waals surface area contributed by atoms with Crippen LogP contribution in [0.2, 0.25) is 0 Å². The average molecular weight is 184 g/mol. The van der Waals surface area contributed by atoms with Gasteiger partial charge in [0.05, 0.1) is 0 Å². The summed E-state index contributed by atoms with van der Waals surface area (Å²) in [5.74, 6) is 0.698. The van der Waals surface area contributed by atoms with Crippen molar-refractivity contribution >= 4 is 0 Å². The third-order valence-electron chi connectivity index (χ3n) is 3.04. The van der Waals surface area contributed by atoms with Gasteiger partial charge in [0, 0.05) is 0 Å². The van der Waals surface area contributed by atoms with Crippen molar-refractivity contribution in [3.63, 3.8) is 0 Å². The lowest BCUT2D eigenvalue weighted by Gasteiger charge is -2.35. The van der Waals surface area contributed by atoms with Gasteiger partial charge in [0.25, 0.3) is 0 Å². The second kappa shape index (κ2) is 4.77. The highest BCUT2D eigenvalue weighted by molar-refractivity contribution is 4.84. The van der Waals surface area contributed by atoms with E-state index in [1.165, 1.54) is 19.3 Å². The molecule has 0 amide bonds. The van der Waals surface area contributed by atoms with E-state index in [1.54, 1.807) is 0 Å². The minimum Gasteiger partial charge on any atom is -0.251 e. The van der Waals surface area contributed by atoms with Gasteiger partial charge in [0.2, 0.25) is 0 Å². The lowest BCUT2D eigenvalue weighted by Crippen LogP contribution is -2.34. The van der Waals surface area contributed by atoms with Gasteiger partial charge in [-0.05, 0) is 38.5 Å². The maximum absolute atomic E-state index is 8.77. The molecule has 1 fully saturated rings. The van der Waals surface area contributed by atoms with Crippen LogP contribution in [-0.4, -0.2) is 10.9 Å². The Labute approximate surface area is 80.5 Å². The van der Waals surface area contributed by atoms with Gasteiger partial charge >= 0.3 is 0 Å². The van der Waals surface area contributed by atoms with Crippen LogP contribution in [0.4, 0.5) is 0 Å². The van der Waals surface area contributed by atoms with E-state index in [1.807, 2.05) is 13.0 Å². The summed E-state index contributed by atoms with van der Waals surface area (Å²) in [6.45, 7) is 5.71. The summed E-state index contributed by atoms with van der Waals surface area (Å²) in [5, 5.41) is 8.77. The summed E-state index contributed by atoms with van der Waals surface area (Å²) in [6.07, 6.45) is 8.62. The van der Waals surface area contributed by atoms with Gasteiger partial charge in [-0.1, -0.05) is 18.9 Å². The molecule has 2 unspecified atom stereocenters. The van der Waals surface area contributed by atoms with Crippen molar-refractivity contribution in [1.82, 2.24) is 0 Å². The zero-order chi connectivity index (χ0) is 9.73. The minimum atomic E-state index is -0.288. The first-order valence-corrected chi connectivity index (χ1v) is 5.14. The van der Waals surface area contributed by atoms with Gasteiger partial charge in [-0.2, -0.15) is 0 Å². The summed E-state index contributed by atoms with van der Waals surface area (Å²) in [4.78, 5) is 4.56. The smallest absolute Gasteiger partial charge is 0.101 e. The van der Waals surface area contributed by atoms with Crippen molar-refractivity contribution in [2.45, 2.75) is 51.0 Å². The number of rotatable bonds is 4. The molecule has 1 rings (SSSR count). The highest BCUT2D eigenvalue weighted by Gasteiger charge is 2.32. The van der Waals surface area contributed by atoms with Gasteiger partial charge in [-0.15, -0.1) is 6.58 Å². The van der Waals surface area contributed by atoms with Crippen molar-refractivity contribution in [3.8, 4) is 0 Å². The molecule has 0 spiro atoms. The third-order valence-corrected chi connectivity index (χ3v) is 3.04. The summed E-state index contributed by atoms with van der Waals surface area (Å²) in [6, 6.07) is 0. The molecular formula is C11H20O2. The molecule has 2 heteroatoms. The molecule has 13 heavy (non-hydrogen) atoms. The van der Waals surface area contributed by atoms with Crippen LogP contribution < -0.4 is 0 Å². The topological polar surface area (TPSA) is 29.5 Å². The van der Waals surface area contributed by atoms with Gasteiger partial charge in [0.1, 0.15) is 5.60 Å². The van der Waals surface area contributed by atoms with Crippen LogP contribution >= 0.6 is 0 Å². The zero-order valence-electron chi connectivity index (χ0n) is 8.46. The van der Waals surface area contributed by atoms with E-state index in [9.17, 15) is 0 Å². The lowest BCUT2D eigenvalue weighted by atomic mass is 9.77. The normalized spacial score (nSPS) is 34.5. The van der Waals surface area contributed by atoms with Gasteiger partial charge < -0.3 is 0 Å². The van der Waals surface area contributed by atoms with Gasteiger partial charge in [-0.25, -0.2) is 4.89 Å². The molecule has 2 nitrogen and oxygen atoms in total. The molecule has 1 aliphatic carbocycles. The van der Waals surface area contributed by atoms with Crippen LogP contribution in [0.25, 0.3) is 0 Å². The highest BCUT2D eigenvalue weighted by Crippen LogP contribution is 2.36. The fraction of sp³-hybridized carbons (Fsp3) is 0.818. The molecule has 0 aromatic carbocycles. The predicted octanol–water partition coefficient (Wildman–Crippen LogP) is 3.39. The first-order valence-electron chi connectivity index (χ1n) is 5.14. The van der Waals surface area contributed by atoms with E-state index < -0.39 is 0 Å². The van der Waals surface area contributed by atoms with Crippen LogP contribution in [0.1, 0.15) is 45.4 Å². The van der Waals surface area contributed by atoms with Crippen molar-refractivity contribution < 1.29 is 10.1 Å². The summed E-state index contributed by atoms with van der Waals surface area (Å²) >= 11 is 0. The Balaban J connectivity index is 2.37. The first-order chi connectivity index (χ1) is 6.20. The molecule has 0 bridgehead atoms. The third kappa shape index (κ3) is 3.12. The fourth-order valence-corrected chi connectivity index (χ4v) is 2.26. The lowest BCUT2D eigenvalue weighted by molar-refractivity contribution is -0.328. The van der Waals surface area contributed by atoms with Crippen molar-refractivity contribution in [1.29, 1.82) is 0 Å². The predicted molar refractivity (Wildman–Crippen MR) is 53.5 cm³/mol. The Morgan fingerprint density at radius 2 is 2.46 bits per heavy atom. The highest BCUT2D eigenvalue weighted by atomic mass is 17.1. The monoisotopic (exact) mass is 184 g/mol. The quantitative estimate of drug-likeness (QED) is 0.412. The first kappa shape index (κ1) is 10.7. The largest absolute Gasteiger partial charge is 0.251 e. The van der Waals surface area contributed by atoms with E-state index in [4.69, 9.17) is 5.26 Å². The average Bonchev–Trinajstić information content (AvgIpc) is 2.15. The standard InChI is InChI=1S/C11H20O2/c1-3-4-6-10-7-5-8-11(2,9-10)13-12/h3,10,12H,1,4-9H2,2H3. The summed E-state index contributed by atoms with van der Waals surface area (Å²) < 4.78 is 0. The molecule has 1 aliphatic rings. The van der Waals surface area contributed by atoms with E-state index in [0.717, 1.165) is 19.3 Å². The van der Waals surface area contributed by atoms with E-state index in [0.29, 0.717) is 5.92 Å². The second-order valence-corrected chi connectivity index (χ2v) is 4.37. The molecule has 0 saturated heterocycles. The molecule has 1 saturated carbocycles. The second-order valence-electron chi connectivity index (χ2n) is 4.37. The van der Waals surface area contributed by atoms with Crippen LogP contribution in [0.5, 0.6) is 0 Å². The SMILES string of the molecule is C=CCCC1CCCC(C)(OO)C1. The number of hydrogen-bond donors (Lipinski definition) is 1. The molecule has 0 heterocycles. The number of hydrogen-bond acceptors (Lipinski definition) is 2. The Morgan fingerprint density at radius 3 is 3.08 bits per heavy atom. The van der Waals surface area contributed by atoms with Gasteiger partial charge in [0.15, 0.2) is 0 Å². The van der Waals surface area contributed by atoms with Crippen molar-refractivity contribution in [3.05, 3.63) is 12.7 Å². The summed E-state index contributed by atoms with van der Waals surface area (Å²) in [7, 11) is 0. The Hall–Kier alpha value is -0.340. The van der Waals surface area contributed by atoms with Crippen LogP contribution in [0.3, 0.4) is 0 Å². The Bertz CT molecular complexity index is 167. The maximum Gasteiger partial charge on any atom is 0.101 e. The maximum atomic E-state index is 8.77. The van der Waals surface area contributed by atoms with Crippen LogP contribution in [0, 0.1) is 5.92 Å².